The Hall–Kier alpha value is -14.8. The molecule has 512 valence electrons. The van der Waals surface area contributed by atoms with Gasteiger partial charge in [0.25, 0.3) is 0 Å². The van der Waals surface area contributed by atoms with Gasteiger partial charge in [-0.15, -0.1) is 0 Å². The van der Waals surface area contributed by atoms with E-state index in [1.807, 2.05) is 72.8 Å². The first kappa shape index (κ1) is 65.9. The molecule has 0 saturated heterocycles. The summed E-state index contributed by atoms with van der Waals surface area (Å²) >= 11 is 0. The van der Waals surface area contributed by atoms with Crippen molar-refractivity contribution in [1.82, 2.24) is 19.9 Å². The van der Waals surface area contributed by atoms with Gasteiger partial charge in [-0.25, -0.2) is 24.8 Å². The van der Waals surface area contributed by atoms with Crippen LogP contribution in [0.15, 0.2) is 406 Å². The van der Waals surface area contributed by atoms with Crippen molar-refractivity contribution in [2.24, 2.45) is 0 Å². The summed E-state index contributed by atoms with van der Waals surface area (Å²) in [7, 11) is 0. The Morgan fingerprint density at radius 2 is 0.491 bits per heavy atom. The smallest absolute Gasteiger partial charge is 0.187 e. The second-order valence-corrected chi connectivity index (χ2v) is 27.7. The van der Waals surface area contributed by atoms with Crippen molar-refractivity contribution in [3.63, 3.8) is 0 Å². The minimum Gasteiger partial charge on any atom is -0.238 e. The number of nitrogens with zero attached hydrogens (tertiary/aromatic N) is 5. The van der Waals surface area contributed by atoms with E-state index in [0.717, 1.165) is 112 Å². The summed E-state index contributed by atoms with van der Waals surface area (Å²) in [6.45, 7) is 7.52. The van der Waals surface area contributed by atoms with Gasteiger partial charge in [-0.05, 0) is 140 Å². The molecule has 20 rings (SSSR count). The van der Waals surface area contributed by atoms with Gasteiger partial charge in [-0.2, -0.15) is 0 Å². The average molecular weight is 1400 g/mol. The van der Waals surface area contributed by atoms with Gasteiger partial charge in [0.15, 0.2) is 17.3 Å². The molecule has 17 aromatic carbocycles. The van der Waals surface area contributed by atoms with Crippen LogP contribution in [0.25, 0.3) is 205 Å². The number of benzene rings is 17. The highest BCUT2D eigenvalue weighted by atomic mass is 14.9. The third-order valence-electron chi connectivity index (χ3n) is 21.2. The van der Waals surface area contributed by atoms with Gasteiger partial charge in [-0.1, -0.05) is 388 Å². The maximum atomic E-state index is 7.52. The number of fused-ring (bicyclic) bond motifs is 5. The van der Waals surface area contributed by atoms with Gasteiger partial charge < -0.3 is 0 Å². The van der Waals surface area contributed by atoms with E-state index in [1.165, 1.54) is 76.8 Å². The van der Waals surface area contributed by atoms with Crippen LogP contribution in [-0.4, -0.2) is 19.9 Å². The SMILES string of the molecule is [C-]#[N+]c1cccc(-c2cccc(-c3ccc4ccccc4c3-c3ccc(-c4nc(-c5ccccc5)nc(-c5ccccc5)c4-c4ccccc4)cc3)c2)c1.c1ccc(-c2nc(-c3ccccc3)c(-c3ccccc3)c(-c3ccc(-c4c(-c5ccc6c(c5)-c5cccc7cccc-6c57)ccc5ccccc45)cc3)n2)cc1. The topological polar surface area (TPSA) is 55.9 Å². The molecule has 0 fully saturated rings. The Balaban J connectivity index is 0.000000149. The van der Waals surface area contributed by atoms with Gasteiger partial charge in [0, 0.05) is 44.5 Å². The van der Waals surface area contributed by atoms with Crippen LogP contribution in [-0.2, 0) is 0 Å². The summed E-state index contributed by atoms with van der Waals surface area (Å²) in [5.41, 5.74) is 31.2. The predicted octanol–water partition coefficient (Wildman–Crippen LogP) is 28.3. The second-order valence-electron chi connectivity index (χ2n) is 27.7. The van der Waals surface area contributed by atoms with Gasteiger partial charge in [0.2, 0.25) is 0 Å². The van der Waals surface area contributed by atoms with E-state index < -0.39 is 0 Å². The molecule has 1 aliphatic carbocycles. The number of rotatable bonds is 13. The number of hydrogen-bond donors (Lipinski definition) is 0. The molecule has 2 heterocycles. The van der Waals surface area contributed by atoms with Crippen molar-refractivity contribution in [2.45, 2.75) is 0 Å². The van der Waals surface area contributed by atoms with Crippen molar-refractivity contribution < 1.29 is 0 Å². The molecule has 0 aliphatic heterocycles. The first-order valence-electron chi connectivity index (χ1n) is 37.2. The Morgan fingerprint density at radius 3 is 0.945 bits per heavy atom. The maximum Gasteiger partial charge on any atom is 0.187 e. The van der Waals surface area contributed by atoms with Crippen molar-refractivity contribution in [2.75, 3.05) is 0 Å². The summed E-state index contributed by atoms with van der Waals surface area (Å²) in [6, 6.07) is 143. The lowest BCUT2D eigenvalue weighted by molar-refractivity contribution is 1.18. The Morgan fingerprint density at radius 1 is 0.182 bits per heavy atom. The highest BCUT2D eigenvalue weighted by Gasteiger charge is 2.26. The largest absolute Gasteiger partial charge is 0.238 e. The van der Waals surface area contributed by atoms with Crippen LogP contribution in [0.2, 0.25) is 0 Å². The molecule has 2 aromatic heterocycles. The van der Waals surface area contributed by atoms with Crippen molar-refractivity contribution in [3.8, 4) is 168 Å². The second kappa shape index (κ2) is 28.9. The van der Waals surface area contributed by atoms with E-state index in [-0.39, 0.29) is 0 Å². The summed E-state index contributed by atoms with van der Waals surface area (Å²) < 4.78 is 0. The fourth-order valence-corrected chi connectivity index (χ4v) is 16.0. The van der Waals surface area contributed by atoms with Crippen LogP contribution in [0, 0.1) is 6.57 Å². The zero-order valence-corrected chi connectivity index (χ0v) is 59.9. The molecule has 19 aromatic rings. The minimum atomic E-state index is 0.635. The van der Waals surface area contributed by atoms with Crippen molar-refractivity contribution >= 4 is 38.0 Å². The summed E-state index contributed by atoms with van der Waals surface area (Å²) in [6.07, 6.45) is 0. The monoisotopic (exact) mass is 1400 g/mol. The molecule has 0 bridgehead atoms. The lowest BCUT2D eigenvalue weighted by Crippen LogP contribution is -2.00. The Labute approximate surface area is 639 Å². The number of hydrogen-bond acceptors (Lipinski definition) is 4. The molecule has 110 heavy (non-hydrogen) atoms. The molecule has 0 N–H and O–H groups in total. The van der Waals surface area contributed by atoms with Gasteiger partial charge in [0.05, 0.1) is 29.3 Å². The van der Waals surface area contributed by atoms with Gasteiger partial charge >= 0.3 is 0 Å². The average Bonchev–Trinajstić information content (AvgIpc) is 1.65. The van der Waals surface area contributed by atoms with Crippen LogP contribution in [0.4, 0.5) is 5.69 Å². The first-order valence-corrected chi connectivity index (χ1v) is 37.2. The molecule has 0 radical (unpaired) electrons. The molecule has 0 saturated carbocycles. The molecule has 0 atom stereocenters. The maximum absolute atomic E-state index is 7.52. The van der Waals surface area contributed by atoms with E-state index in [4.69, 9.17) is 26.5 Å². The van der Waals surface area contributed by atoms with E-state index >= 15 is 0 Å². The third kappa shape index (κ3) is 12.4. The standard InChI is InChI=1S/C54H34N2.C51H33N3/c1-4-15-37(16-5-1)51-52(39-17-6-2-7-18-39)55-54(41-19-8-3-9-20-41)56-53(51)40-28-26-38(27-29-40)49-43-23-11-10-14-35(43)30-32-44(49)42-31-33-45-46-24-12-21-36-22-13-25-47(50(36)46)48(45)34-42;1-52-44-25-14-23-42(34-44)41-22-13-24-43(33-41)46-32-31-35-15-11-12-26-45(35)47(46)37-27-29-39(30-28-37)50-48(36-16-5-2-6-17-36)49(38-18-7-3-8-19-38)53-51(54-50)40-20-9-4-10-21-40/h1-34H;2-34H. The van der Waals surface area contributed by atoms with Crippen LogP contribution >= 0.6 is 0 Å². The van der Waals surface area contributed by atoms with Gasteiger partial charge in [-0.3, -0.25) is 0 Å². The zero-order chi connectivity index (χ0) is 73.3. The molecule has 5 heteroatoms. The van der Waals surface area contributed by atoms with E-state index in [9.17, 15) is 0 Å². The van der Waals surface area contributed by atoms with E-state index in [2.05, 4.69) is 338 Å². The van der Waals surface area contributed by atoms with Crippen LogP contribution in [0.3, 0.4) is 0 Å². The molecular weight excluding hydrogens is 1330 g/mol. The van der Waals surface area contributed by atoms with Crippen molar-refractivity contribution in [3.05, 3.63) is 418 Å². The normalized spacial score (nSPS) is 11.3. The van der Waals surface area contributed by atoms with Crippen LogP contribution < -0.4 is 0 Å². The lowest BCUT2D eigenvalue weighted by atomic mass is 9.87. The summed E-state index contributed by atoms with van der Waals surface area (Å²) in [4.78, 5) is 24.8. The quantitative estimate of drug-likeness (QED) is 0.108. The van der Waals surface area contributed by atoms with Crippen molar-refractivity contribution in [1.29, 1.82) is 0 Å². The molecule has 0 unspecified atom stereocenters. The Bertz CT molecular complexity index is 6710. The van der Waals surface area contributed by atoms with E-state index in [1.54, 1.807) is 0 Å². The lowest BCUT2D eigenvalue weighted by Gasteiger charge is -2.18. The molecule has 0 amide bonds. The fourth-order valence-electron chi connectivity index (χ4n) is 16.0. The highest BCUT2D eigenvalue weighted by molar-refractivity contribution is 6.16. The zero-order valence-electron chi connectivity index (χ0n) is 59.9. The first-order chi connectivity index (χ1) is 54.5. The van der Waals surface area contributed by atoms with Crippen LogP contribution in [0.5, 0.6) is 0 Å². The minimum absolute atomic E-state index is 0.635. The molecule has 5 nitrogen and oxygen atoms in total. The third-order valence-corrected chi connectivity index (χ3v) is 21.2. The predicted molar refractivity (Wildman–Crippen MR) is 458 cm³/mol. The number of aromatic nitrogens is 4. The summed E-state index contributed by atoms with van der Waals surface area (Å²) in [5, 5.41) is 7.46. The molecule has 1 aliphatic rings. The Kier molecular flexibility index (Phi) is 17.3. The molecule has 0 spiro atoms. The van der Waals surface area contributed by atoms with Crippen LogP contribution in [0.1, 0.15) is 0 Å². The highest BCUT2D eigenvalue weighted by Crippen LogP contribution is 2.51. The van der Waals surface area contributed by atoms with Gasteiger partial charge in [0.1, 0.15) is 0 Å². The molecular formula is C105H67N5. The summed E-state index contributed by atoms with van der Waals surface area (Å²) in [5.74, 6) is 1.39. The van der Waals surface area contributed by atoms with E-state index in [0.29, 0.717) is 17.3 Å². The fraction of sp³-hybridized carbons (Fsp3) is 0.